The van der Waals surface area contributed by atoms with E-state index < -0.39 is 17.3 Å². The van der Waals surface area contributed by atoms with Gasteiger partial charge in [0.15, 0.2) is 0 Å². The van der Waals surface area contributed by atoms with Crippen LogP contribution >= 0.6 is 11.6 Å². The molecular formula is C18H25ClN2O4. The van der Waals surface area contributed by atoms with Crippen LogP contribution in [0.25, 0.3) is 0 Å². The summed E-state index contributed by atoms with van der Waals surface area (Å²) in [6.45, 7) is 7.29. The van der Waals surface area contributed by atoms with Crippen molar-refractivity contribution in [1.29, 1.82) is 0 Å². The lowest BCUT2D eigenvalue weighted by Crippen LogP contribution is -2.32. The molecule has 7 heteroatoms. The molecule has 6 nitrogen and oxygen atoms in total. The number of carbonyl (C=O) groups excluding carboxylic acids is 2. The van der Waals surface area contributed by atoms with Gasteiger partial charge in [-0.05, 0) is 44.4 Å². The van der Waals surface area contributed by atoms with Gasteiger partial charge in [0.2, 0.25) is 5.91 Å². The first-order valence-corrected chi connectivity index (χ1v) is 8.51. The van der Waals surface area contributed by atoms with E-state index in [1.54, 1.807) is 26.0 Å². The molecule has 1 aromatic rings. The maximum atomic E-state index is 12.3. The molecule has 0 aliphatic carbocycles. The zero-order valence-corrected chi connectivity index (χ0v) is 15.7. The summed E-state index contributed by atoms with van der Waals surface area (Å²) in [6, 6.07) is 4.69. The van der Waals surface area contributed by atoms with E-state index in [1.807, 2.05) is 13.8 Å². The van der Waals surface area contributed by atoms with Crippen LogP contribution in [0.1, 0.15) is 50.9 Å². The van der Waals surface area contributed by atoms with E-state index in [4.69, 9.17) is 16.7 Å². The molecule has 138 valence electrons. The molecule has 0 fully saturated rings. The third kappa shape index (κ3) is 6.74. The zero-order chi connectivity index (χ0) is 19.2. The van der Waals surface area contributed by atoms with Crippen molar-refractivity contribution in [3.8, 4) is 0 Å². The fourth-order valence-corrected chi connectivity index (χ4v) is 2.25. The topological polar surface area (TPSA) is 95.5 Å². The number of carboxylic acids is 1. The van der Waals surface area contributed by atoms with Crippen LogP contribution < -0.4 is 10.6 Å². The van der Waals surface area contributed by atoms with Crippen molar-refractivity contribution in [1.82, 2.24) is 5.32 Å². The summed E-state index contributed by atoms with van der Waals surface area (Å²) in [6.07, 6.45) is 0.672. The Kier molecular flexibility index (Phi) is 7.42. The molecule has 0 aromatic heterocycles. The van der Waals surface area contributed by atoms with Crippen LogP contribution in [-0.4, -0.2) is 29.4 Å². The minimum absolute atomic E-state index is 0.133. The van der Waals surface area contributed by atoms with Crippen molar-refractivity contribution in [2.24, 2.45) is 11.3 Å². The number of halogens is 1. The number of carboxylic acid groups (broad SMARTS) is 1. The van der Waals surface area contributed by atoms with Gasteiger partial charge in [-0.1, -0.05) is 25.4 Å². The molecule has 25 heavy (non-hydrogen) atoms. The highest BCUT2D eigenvalue weighted by Crippen LogP contribution is 2.22. The summed E-state index contributed by atoms with van der Waals surface area (Å²) in [5.74, 6) is -1.24. The van der Waals surface area contributed by atoms with E-state index in [1.165, 1.54) is 6.07 Å². The SMILES string of the molecule is CC(C)CC(=O)Nc1ccc(Cl)c(C(=O)NCCC(C)(C)C(=O)O)c1. The van der Waals surface area contributed by atoms with Crippen LogP contribution in [0.15, 0.2) is 18.2 Å². The number of benzene rings is 1. The molecule has 3 N–H and O–H groups in total. The Labute approximate surface area is 152 Å². The van der Waals surface area contributed by atoms with E-state index in [9.17, 15) is 14.4 Å². The number of aliphatic carboxylic acids is 1. The molecule has 0 radical (unpaired) electrons. The average Bonchev–Trinajstić information content (AvgIpc) is 2.47. The van der Waals surface area contributed by atoms with E-state index in [0.29, 0.717) is 12.1 Å². The molecule has 0 atom stereocenters. The second-order valence-electron chi connectivity index (χ2n) is 7.04. The fourth-order valence-electron chi connectivity index (χ4n) is 2.05. The van der Waals surface area contributed by atoms with Crippen molar-refractivity contribution < 1.29 is 19.5 Å². The summed E-state index contributed by atoms with van der Waals surface area (Å²) in [4.78, 5) is 35.2. The van der Waals surface area contributed by atoms with Crippen LogP contribution in [0, 0.1) is 11.3 Å². The Morgan fingerprint density at radius 3 is 2.44 bits per heavy atom. The van der Waals surface area contributed by atoms with Crippen molar-refractivity contribution in [3.05, 3.63) is 28.8 Å². The van der Waals surface area contributed by atoms with E-state index in [-0.39, 0.29) is 35.4 Å². The summed E-state index contributed by atoms with van der Waals surface area (Å²) < 4.78 is 0. The van der Waals surface area contributed by atoms with Gasteiger partial charge in [0.25, 0.3) is 5.91 Å². The molecule has 0 saturated heterocycles. The highest BCUT2D eigenvalue weighted by molar-refractivity contribution is 6.34. The normalized spacial score (nSPS) is 11.3. The minimum Gasteiger partial charge on any atom is -0.481 e. The number of carbonyl (C=O) groups is 3. The second kappa shape index (κ2) is 8.85. The molecule has 0 saturated carbocycles. The average molecular weight is 369 g/mol. The predicted molar refractivity (Wildman–Crippen MR) is 97.9 cm³/mol. The molecule has 0 aliphatic rings. The number of nitrogens with one attached hydrogen (secondary N) is 2. The highest BCUT2D eigenvalue weighted by Gasteiger charge is 2.26. The van der Waals surface area contributed by atoms with Crippen LogP contribution in [0.4, 0.5) is 5.69 Å². The molecule has 0 unspecified atom stereocenters. The summed E-state index contributed by atoms with van der Waals surface area (Å²) in [5.41, 5.74) is -0.202. The van der Waals surface area contributed by atoms with Crippen LogP contribution in [0.5, 0.6) is 0 Å². The number of amides is 2. The second-order valence-corrected chi connectivity index (χ2v) is 7.44. The number of anilines is 1. The van der Waals surface area contributed by atoms with Gasteiger partial charge in [-0.3, -0.25) is 14.4 Å². The minimum atomic E-state index is -0.927. The van der Waals surface area contributed by atoms with Crippen molar-refractivity contribution in [3.63, 3.8) is 0 Å². The third-order valence-corrected chi connectivity index (χ3v) is 4.03. The molecule has 2 amide bonds. The van der Waals surface area contributed by atoms with Crippen molar-refractivity contribution in [2.75, 3.05) is 11.9 Å². The Hall–Kier alpha value is -2.08. The van der Waals surface area contributed by atoms with Crippen LogP contribution in [-0.2, 0) is 9.59 Å². The van der Waals surface area contributed by atoms with Gasteiger partial charge in [0, 0.05) is 18.7 Å². The van der Waals surface area contributed by atoms with Gasteiger partial charge in [-0.2, -0.15) is 0 Å². The quantitative estimate of drug-likeness (QED) is 0.653. The summed E-state index contributed by atoms with van der Waals surface area (Å²) >= 11 is 6.06. The van der Waals surface area contributed by atoms with Crippen LogP contribution in [0.2, 0.25) is 5.02 Å². The molecule has 0 heterocycles. The maximum absolute atomic E-state index is 12.3. The Morgan fingerprint density at radius 1 is 1.24 bits per heavy atom. The summed E-state index contributed by atoms with van der Waals surface area (Å²) in [5, 5.41) is 14.7. The van der Waals surface area contributed by atoms with Gasteiger partial charge >= 0.3 is 5.97 Å². The van der Waals surface area contributed by atoms with Crippen molar-refractivity contribution >= 4 is 35.1 Å². The Morgan fingerprint density at radius 2 is 1.88 bits per heavy atom. The number of rotatable bonds is 8. The van der Waals surface area contributed by atoms with E-state index in [0.717, 1.165) is 0 Å². The zero-order valence-electron chi connectivity index (χ0n) is 15.0. The molecule has 1 rings (SSSR count). The molecular weight excluding hydrogens is 344 g/mol. The standard InChI is InChI=1S/C18H25ClN2O4/c1-11(2)9-15(22)21-12-5-6-14(19)13(10-12)16(23)20-8-7-18(3,4)17(24)25/h5-6,10-11H,7-9H2,1-4H3,(H,20,23)(H,21,22)(H,24,25). The maximum Gasteiger partial charge on any atom is 0.309 e. The van der Waals surface area contributed by atoms with E-state index in [2.05, 4.69) is 10.6 Å². The Balaban J connectivity index is 2.73. The number of hydrogen-bond acceptors (Lipinski definition) is 3. The van der Waals surface area contributed by atoms with Gasteiger partial charge < -0.3 is 15.7 Å². The van der Waals surface area contributed by atoms with Crippen LogP contribution in [0.3, 0.4) is 0 Å². The lowest BCUT2D eigenvalue weighted by Gasteiger charge is -2.19. The monoisotopic (exact) mass is 368 g/mol. The number of hydrogen-bond donors (Lipinski definition) is 3. The van der Waals surface area contributed by atoms with Gasteiger partial charge in [0.1, 0.15) is 0 Å². The van der Waals surface area contributed by atoms with Crippen molar-refractivity contribution in [2.45, 2.75) is 40.5 Å². The van der Waals surface area contributed by atoms with Gasteiger partial charge in [0.05, 0.1) is 16.0 Å². The molecule has 0 aliphatic heterocycles. The van der Waals surface area contributed by atoms with Gasteiger partial charge in [-0.15, -0.1) is 0 Å². The lowest BCUT2D eigenvalue weighted by atomic mass is 9.90. The predicted octanol–water partition coefficient (Wildman–Crippen LogP) is 3.56. The fraction of sp³-hybridized carbons (Fsp3) is 0.500. The smallest absolute Gasteiger partial charge is 0.309 e. The lowest BCUT2D eigenvalue weighted by molar-refractivity contribution is -0.147. The van der Waals surface area contributed by atoms with E-state index >= 15 is 0 Å². The first kappa shape index (κ1) is 21.0. The molecule has 1 aromatic carbocycles. The highest BCUT2D eigenvalue weighted by atomic mass is 35.5. The van der Waals surface area contributed by atoms with Gasteiger partial charge in [-0.25, -0.2) is 0 Å². The Bertz CT molecular complexity index is 656. The molecule has 0 spiro atoms. The molecule has 0 bridgehead atoms. The first-order chi connectivity index (χ1) is 11.5. The third-order valence-electron chi connectivity index (χ3n) is 3.70. The summed E-state index contributed by atoms with van der Waals surface area (Å²) in [7, 11) is 0. The first-order valence-electron chi connectivity index (χ1n) is 8.14. The largest absolute Gasteiger partial charge is 0.481 e.